The van der Waals surface area contributed by atoms with Crippen LogP contribution in [-0.2, 0) is 0 Å². The molecular formula is C16H15N3O2. The molecule has 0 saturated heterocycles. The third-order valence-corrected chi connectivity index (χ3v) is 2.75. The van der Waals surface area contributed by atoms with Gasteiger partial charge in [-0.1, -0.05) is 48.5 Å². The predicted molar refractivity (Wildman–Crippen MR) is 85.3 cm³/mol. The van der Waals surface area contributed by atoms with Gasteiger partial charge in [-0.05, 0) is 24.1 Å². The van der Waals surface area contributed by atoms with E-state index in [9.17, 15) is 10.1 Å². The molecule has 0 radical (unpaired) electrons. The second kappa shape index (κ2) is 7.00. The number of allylic oxidation sites excluding steroid dienone is 1. The Bertz CT molecular complexity index is 679. The number of nitro groups is 1. The maximum Gasteiger partial charge on any atom is 0.294 e. The molecule has 21 heavy (non-hydrogen) atoms. The van der Waals surface area contributed by atoms with E-state index < -0.39 is 4.92 Å². The van der Waals surface area contributed by atoms with Crippen molar-refractivity contribution >= 4 is 23.7 Å². The summed E-state index contributed by atoms with van der Waals surface area (Å²) in [7, 11) is 0. The molecule has 0 fully saturated rings. The van der Waals surface area contributed by atoms with Crippen LogP contribution in [0.3, 0.4) is 0 Å². The van der Waals surface area contributed by atoms with Crippen molar-refractivity contribution in [1.82, 2.24) is 0 Å². The molecule has 2 aromatic carbocycles. The minimum absolute atomic E-state index is 0.000609. The summed E-state index contributed by atoms with van der Waals surface area (Å²) >= 11 is 0. The predicted octanol–water partition coefficient (Wildman–Crippen LogP) is 4.10. The molecule has 0 aliphatic carbocycles. The molecule has 0 saturated carbocycles. The first kappa shape index (κ1) is 14.5. The number of nitrogens with one attached hydrogen (secondary N) is 1. The smallest absolute Gasteiger partial charge is 0.272 e. The SMILES string of the molecule is CC(/C=N/Nc1ccccc1[N+](=O)[O-])=C\c1ccccc1. The first-order valence-electron chi connectivity index (χ1n) is 6.42. The van der Waals surface area contributed by atoms with Gasteiger partial charge < -0.3 is 0 Å². The monoisotopic (exact) mass is 281 g/mol. The van der Waals surface area contributed by atoms with E-state index in [0.717, 1.165) is 11.1 Å². The molecule has 0 unspecified atom stereocenters. The molecule has 0 spiro atoms. The molecule has 5 heteroatoms. The number of anilines is 1. The Hall–Kier alpha value is -2.95. The van der Waals surface area contributed by atoms with Crippen molar-refractivity contribution in [2.75, 3.05) is 5.43 Å². The third kappa shape index (κ3) is 4.28. The molecule has 2 aromatic rings. The standard InChI is InChI=1S/C16H15N3O2/c1-13(11-14-7-3-2-4-8-14)12-17-18-15-9-5-6-10-16(15)19(20)21/h2-12,18H,1H3/b13-11+,17-12+. The zero-order chi connectivity index (χ0) is 15.1. The number of rotatable bonds is 5. The van der Waals surface area contributed by atoms with E-state index in [1.807, 2.05) is 43.3 Å². The van der Waals surface area contributed by atoms with Gasteiger partial charge in [-0.2, -0.15) is 5.10 Å². The van der Waals surface area contributed by atoms with E-state index in [1.54, 1.807) is 24.4 Å². The summed E-state index contributed by atoms with van der Waals surface area (Å²) in [5.74, 6) is 0. The van der Waals surface area contributed by atoms with Crippen LogP contribution in [0.15, 0.2) is 65.3 Å². The Balaban J connectivity index is 2.06. The van der Waals surface area contributed by atoms with Crippen molar-refractivity contribution in [2.24, 2.45) is 5.10 Å². The van der Waals surface area contributed by atoms with Crippen LogP contribution in [0.4, 0.5) is 11.4 Å². The first-order valence-corrected chi connectivity index (χ1v) is 6.42. The van der Waals surface area contributed by atoms with Crippen LogP contribution < -0.4 is 5.43 Å². The third-order valence-electron chi connectivity index (χ3n) is 2.75. The normalized spacial score (nSPS) is 11.6. The summed E-state index contributed by atoms with van der Waals surface area (Å²) < 4.78 is 0. The average Bonchev–Trinajstić information content (AvgIpc) is 2.48. The molecule has 0 aromatic heterocycles. The highest BCUT2D eigenvalue weighted by molar-refractivity contribution is 5.85. The molecule has 0 aliphatic rings. The van der Waals surface area contributed by atoms with Gasteiger partial charge >= 0.3 is 0 Å². The highest BCUT2D eigenvalue weighted by atomic mass is 16.6. The Labute approximate surface area is 122 Å². The summed E-state index contributed by atoms with van der Waals surface area (Å²) in [5.41, 5.74) is 5.08. The van der Waals surface area contributed by atoms with Crippen LogP contribution >= 0.6 is 0 Å². The molecule has 0 heterocycles. The molecule has 0 atom stereocenters. The summed E-state index contributed by atoms with van der Waals surface area (Å²) in [6.07, 6.45) is 3.61. The number of nitro benzene ring substituents is 1. The maximum absolute atomic E-state index is 10.9. The fraction of sp³-hybridized carbons (Fsp3) is 0.0625. The minimum Gasteiger partial charge on any atom is -0.272 e. The van der Waals surface area contributed by atoms with Crippen LogP contribution in [0.1, 0.15) is 12.5 Å². The van der Waals surface area contributed by atoms with Crippen LogP contribution in [-0.4, -0.2) is 11.1 Å². The van der Waals surface area contributed by atoms with Gasteiger partial charge in [0.1, 0.15) is 5.69 Å². The second-order valence-electron chi connectivity index (χ2n) is 4.44. The van der Waals surface area contributed by atoms with Gasteiger partial charge in [0.05, 0.1) is 11.1 Å². The van der Waals surface area contributed by atoms with E-state index in [1.165, 1.54) is 6.07 Å². The lowest BCUT2D eigenvalue weighted by atomic mass is 10.1. The van der Waals surface area contributed by atoms with Gasteiger partial charge in [-0.25, -0.2) is 0 Å². The van der Waals surface area contributed by atoms with Gasteiger partial charge in [0.25, 0.3) is 5.69 Å². The van der Waals surface area contributed by atoms with Crippen LogP contribution in [0, 0.1) is 10.1 Å². The minimum atomic E-state index is -0.440. The summed E-state index contributed by atoms with van der Waals surface area (Å²) in [5, 5.41) is 14.9. The van der Waals surface area contributed by atoms with Crippen molar-refractivity contribution in [3.8, 4) is 0 Å². The molecule has 1 N–H and O–H groups in total. The number of hydrogen-bond acceptors (Lipinski definition) is 4. The average molecular weight is 281 g/mol. The van der Waals surface area contributed by atoms with Crippen LogP contribution in [0.2, 0.25) is 0 Å². The maximum atomic E-state index is 10.9. The fourth-order valence-corrected chi connectivity index (χ4v) is 1.78. The van der Waals surface area contributed by atoms with Crippen molar-refractivity contribution in [3.63, 3.8) is 0 Å². The lowest BCUT2D eigenvalue weighted by Crippen LogP contribution is -1.96. The molecule has 0 bridgehead atoms. The molecule has 5 nitrogen and oxygen atoms in total. The molecule has 0 amide bonds. The largest absolute Gasteiger partial charge is 0.294 e. The van der Waals surface area contributed by atoms with Gasteiger partial charge in [-0.3, -0.25) is 15.5 Å². The van der Waals surface area contributed by atoms with Gasteiger partial charge in [-0.15, -0.1) is 0 Å². The molecule has 2 rings (SSSR count). The number of hydrogen-bond donors (Lipinski definition) is 1. The van der Waals surface area contributed by atoms with Crippen molar-refractivity contribution < 1.29 is 4.92 Å². The highest BCUT2D eigenvalue weighted by Crippen LogP contribution is 2.22. The van der Waals surface area contributed by atoms with E-state index >= 15 is 0 Å². The number of para-hydroxylation sites is 2. The lowest BCUT2D eigenvalue weighted by molar-refractivity contribution is -0.384. The fourth-order valence-electron chi connectivity index (χ4n) is 1.78. The van der Waals surface area contributed by atoms with E-state index in [-0.39, 0.29) is 5.69 Å². The zero-order valence-electron chi connectivity index (χ0n) is 11.6. The van der Waals surface area contributed by atoms with Gasteiger partial charge in [0.15, 0.2) is 0 Å². The van der Waals surface area contributed by atoms with E-state index in [2.05, 4.69) is 10.5 Å². The lowest BCUT2D eigenvalue weighted by Gasteiger charge is -2.01. The molecule has 0 aliphatic heterocycles. The quantitative estimate of drug-likeness (QED) is 0.509. The Morgan fingerprint density at radius 3 is 2.52 bits per heavy atom. The Morgan fingerprint density at radius 2 is 1.81 bits per heavy atom. The van der Waals surface area contributed by atoms with E-state index in [4.69, 9.17) is 0 Å². The number of benzene rings is 2. The summed E-state index contributed by atoms with van der Waals surface area (Å²) in [6.45, 7) is 1.91. The summed E-state index contributed by atoms with van der Waals surface area (Å²) in [4.78, 5) is 10.4. The topological polar surface area (TPSA) is 67.5 Å². The number of hydrazone groups is 1. The van der Waals surface area contributed by atoms with Crippen molar-refractivity contribution in [2.45, 2.75) is 6.92 Å². The van der Waals surface area contributed by atoms with Crippen LogP contribution in [0.5, 0.6) is 0 Å². The summed E-state index contributed by atoms with van der Waals surface area (Å²) in [6, 6.07) is 16.3. The van der Waals surface area contributed by atoms with Crippen molar-refractivity contribution in [1.29, 1.82) is 0 Å². The zero-order valence-corrected chi connectivity index (χ0v) is 11.6. The Kier molecular flexibility index (Phi) is 4.82. The van der Waals surface area contributed by atoms with E-state index in [0.29, 0.717) is 5.69 Å². The van der Waals surface area contributed by atoms with Crippen molar-refractivity contribution in [3.05, 3.63) is 75.8 Å². The number of nitrogens with zero attached hydrogens (tertiary/aromatic N) is 2. The highest BCUT2D eigenvalue weighted by Gasteiger charge is 2.10. The second-order valence-corrected chi connectivity index (χ2v) is 4.44. The van der Waals surface area contributed by atoms with Crippen LogP contribution in [0.25, 0.3) is 6.08 Å². The molecule has 106 valence electrons. The first-order chi connectivity index (χ1) is 10.2. The van der Waals surface area contributed by atoms with Gasteiger partial charge in [0, 0.05) is 6.07 Å². The molecular weight excluding hydrogens is 266 g/mol. The Morgan fingerprint density at radius 1 is 1.14 bits per heavy atom. The van der Waals surface area contributed by atoms with Gasteiger partial charge in [0.2, 0.25) is 0 Å².